The molecule has 1 unspecified atom stereocenters. The molecule has 2 nitrogen and oxygen atoms in total. The van der Waals surface area contributed by atoms with E-state index in [2.05, 4.69) is 0 Å². The first-order valence-electron chi connectivity index (χ1n) is 3.66. The van der Waals surface area contributed by atoms with E-state index in [9.17, 15) is 5.11 Å². The SMILES string of the molecule is Cc1cc(O)cc(C(C)N)c1. The van der Waals surface area contributed by atoms with Crippen molar-refractivity contribution >= 4 is 0 Å². The maximum absolute atomic E-state index is 9.19. The Hall–Kier alpha value is -1.02. The molecule has 60 valence electrons. The van der Waals surface area contributed by atoms with Crippen molar-refractivity contribution in [2.45, 2.75) is 19.9 Å². The van der Waals surface area contributed by atoms with Gasteiger partial charge in [0.15, 0.2) is 0 Å². The van der Waals surface area contributed by atoms with Gasteiger partial charge in [0.05, 0.1) is 0 Å². The first-order valence-corrected chi connectivity index (χ1v) is 3.66. The molecule has 3 N–H and O–H groups in total. The fraction of sp³-hybridized carbons (Fsp3) is 0.333. The van der Waals surface area contributed by atoms with Crippen molar-refractivity contribution in [3.8, 4) is 5.75 Å². The van der Waals surface area contributed by atoms with E-state index in [4.69, 9.17) is 5.73 Å². The molecular formula is C9H13NO. The summed E-state index contributed by atoms with van der Waals surface area (Å²) in [5.41, 5.74) is 7.65. The second kappa shape index (κ2) is 2.93. The highest BCUT2D eigenvalue weighted by Crippen LogP contribution is 2.18. The van der Waals surface area contributed by atoms with Gasteiger partial charge in [0, 0.05) is 6.04 Å². The topological polar surface area (TPSA) is 46.2 Å². The predicted octanol–water partition coefficient (Wildman–Crippen LogP) is 1.72. The Morgan fingerprint density at radius 2 is 2.00 bits per heavy atom. The van der Waals surface area contributed by atoms with Crippen LogP contribution in [-0.2, 0) is 0 Å². The van der Waals surface area contributed by atoms with Crippen LogP contribution in [-0.4, -0.2) is 5.11 Å². The molecule has 0 heterocycles. The van der Waals surface area contributed by atoms with Crippen molar-refractivity contribution in [1.82, 2.24) is 0 Å². The number of nitrogens with two attached hydrogens (primary N) is 1. The van der Waals surface area contributed by atoms with Crippen molar-refractivity contribution in [3.63, 3.8) is 0 Å². The van der Waals surface area contributed by atoms with Crippen LogP contribution in [0.5, 0.6) is 5.75 Å². The van der Waals surface area contributed by atoms with Gasteiger partial charge in [0.1, 0.15) is 5.75 Å². The standard InChI is InChI=1S/C9H13NO/c1-6-3-8(7(2)10)5-9(11)4-6/h3-5,7,11H,10H2,1-2H3. The molecule has 0 aliphatic rings. The van der Waals surface area contributed by atoms with E-state index in [0.717, 1.165) is 11.1 Å². The molecule has 1 aromatic rings. The van der Waals surface area contributed by atoms with Gasteiger partial charge >= 0.3 is 0 Å². The van der Waals surface area contributed by atoms with E-state index < -0.39 is 0 Å². The number of phenols is 1. The van der Waals surface area contributed by atoms with E-state index in [1.54, 1.807) is 12.1 Å². The third-order valence-electron chi connectivity index (χ3n) is 1.61. The quantitative estimate of drug-likeness (QED) is 0.642. The molecule has 0 saturated heterocycles. The zero-order chi connectivity index (χ0) is 8.43. The second-order valence-corrected chi connectivity index (χ2v) is 2.89. The Bertz CT molecular complexity index is 235. The molecule has 0 bridgehead atoms. The van der Waals surface area contributed by atoms with Gasteiger partial charge in [-0.25, -0.2) is 0 Å². The monoisotopic (exact) mass is 151 g/mol. The summed E-state index contributed by atoms with van der Waals surface area (Å²) in [6, 6.07) is 5.37. The molecule has 1 aromatic carbocycles. The highest BCUT2D eigenvalue weighted by atomic mass is 16.3. The van der Waals surface area contributed by atoms with Crippen LogP contribution < -0.4 is 5.73 Å². The Balaban J connectivity index is 3.08. The lowest BCUT2D eigenvalue weighted by molar-refractivity contribution is 0.473. The molecule has 0 amide bonds. The van der Waals surface area contributed by atoms with Gasteiger partial charge in [-0.1, -0.05) is 6.07 Å². The molecule has 0 aromatic heterocycles. The van der Waals surface area contributed by atoms with Crippen LogP contribution in [0.3, 0.4) is 0 Å². The zero-order valence-electron chi connectivity index (χ0n) is 6.83. The Labute approximate surface area is 66.7 Å². The molecule has 1 rings (SSSR count). The molecule has 0 aliphatic carbocycles. The normalized spacial score (nSPS) is 13.0. The van der Waals surface area contributed by atoms with Crippen molar-refractivity contribution in [1.29, 1.82) is 0 Å². The summed E-state index contributed by atoms with van der Waals surface area (Å²) in [7, 11) is 0. The molecule has 0 aliphatic heterocycles. The number of phenolic OH excluding ortho intramolecular Hbond substituents is 1. The molecule has 0 saturated carbocycles. The molecule has 0 radical (unpaired) electrons. The van der Waals surface area contributed by atoms with E-state index >= 15 is 0 Å². The minimum absolute atomic E-state index is 0.0131. The smallest absolute Gasteiger partial charge is 0.116 e. The summed E-state index contributed by atoms with van der Waals surface area (Å²) in [5.74, 6) is 0.289. The van der Waals surface area contributed by atoms with Crippen LogP contribution in [0.15, 0.2) is 18.2 Å². The second-order valence-electron chi connectivity index (χ2n) is 2.89. The minimum atomic E-state index is -0.0131. The van der Waals surface area contributed by atoms with Crippen LogP contribution in [0.2, 0.25) is 0 Å². The summed E-state index contributed by atoms with van der Waals surface area (Å²) in [6.45, 7) is 3.83. The average molecular weight is 151 g/mol. The molecular weight excluding hydrogens is 138 g/mol. The van der Waals surface area contributed by atoms with E-state index in [-0.39, 0.29) is 11.8 Å². The van der Waals surface area contributed by atoms with Gasteiger partial charge in [0.2, 0.25) is 0 Å². The van der Waals surface area contributed by atoms with Gasteiger partial charge in [-0.3, -0.25) is 0 Å². The van der Waals surface area contributed by atoms with Crippen molar-refractivity contribution in [2.24, 2.45) is 5.73 Å². The third kappa shape index (κ3) is 1.95. The lowest BCUT2D eigenvalue weighted by Gasteiger charge is -2.06. The van der Waals surface area contributed by atoms with Gasteiger partial charge in [-0.2, -0.15) is 0 Å². The summed E-state index contributed by atoms with van der Waals surface area (Å²) in [6.07, 6.45) is 0. The predicted molar refractivity (Wildman–Crippen MR) is 45.4 cm³/mol. The largest absolute Gasteiger partial charge is 0.508 e. The van der Waals surface area contributed by atoms with Gasteiger partial charge in [-0.15, -0.1) is 0 Å². The number of hydrogen-bond acceptors (Lipinski definition) is 2. The summed E-state index contributed by atoms with van der Waals surface area (Å²) >= 11 is 0. The van der Waals surface area contributed by atoms with E-state index in [1.807, 2.05) is 19.9 Å². The van der Waals surface area contributed by atoms with Crippen molar-refractivity contribution in [2.75, 3.05) is 0 Å². The number of aryl methyl sites for hydroxylation is 1. The molecule has 1 atom stereocenters. The highest BCUT2D eigenvalue weighted by molar-refractivity contribution is 5.34. The first kappa shape index (κ1) is 8.08. The lowest BCUT2D eigenvalue weighted by atomic mass is 10.1. The zero-order valence-corrected chi connectivity index (χ0v) is 6.83. The van der Waals surface area contributed by atoms with Crippen LogP contribution in [0.1, 0.15) is 24.1 Å². The van der Waals surface area contributed by atoms with Gasteiger partial charge < -0.3 is 10.8 Å². The first-order chi connectivity index (χ1) is 5.09. The molecule has 0 fully saturated rings. The minimum Gasteiger partial charge on any atom is -0.508 e. The fourth-order valence-electron chi connectivity index (χ4n) is 1.05. The third-order valence-corrected chi connectivity index (χ3v) is 1.61. The maximum Gasteiger partial charge on any atom is 0.116 e. The van der Waals surface area contributed by atoms with E-state index in [0.29, 0.717) is 0 Å². The molecule has 0 spiro atoms. The number of rotatable bonds is 1. The van der Waals surface area contributed by atoms with Crippen LogP contribution in [0, 0.1) is 6.92 Å². The average Bonchev–Trinajstić information content (AvgIpc) is 1.85. The summed E-state index contributed by atoms with van der Waals surface area (Å²) < 4.78 is 0. The van der Waals surface area contributed by atoms with Gasteiger partial charge in [0.25, 0.3) is 0 Å². The molecule has 11 heavy (non-hydrogen) atoms. The molecule has 2 heteroatoms. The van der Waals surface area contributed by atoms with Crippen LogP contribution >= 0.6 is 0 Å². The fourth-order valence-corrected chi connectivity index (χ4v) is 1.05. The van der Waals surface area contributed by atoms with Gasteiger partial charge in [-0.05, 0) is 37.1 Å². The van der Waals surface area contributed by atoms with Crippen LogP contribution in [0.4, 0.5) is 0 Å². The Kier molecular flexibility index (Phi) is 2.15. The Morgan fingerprint density at radius 3 is 2.45 bits per heavy atom. The van der Waals surface area contributed by atoms with Crippen LogP contribution in [0.25, 0.3) is 0 Å². The summed E-state index contributed by atoms with van der Waals surface area (Å²) in [5, 5.41) is 9.19. The maximum atomic E-state index is 9.19. The van der Waals surface area contributed by atoms with Crippen molar-refractivity contribution < 1.29 is 5.11 Å². The van der Waals surface area contributed by atoms with E-state index in [1.165, 1.54) is 0 Å². The summed E-state index contributed by atoms with van der Waals surface area (Å²) in [4.78, 5) is 0. The number of aromatic hydroxyl groups is 1. The lowest BCUT2D eigenvalue weighted by Crippen LogP contribution is -2.04. The van der Waals surface area contributed by atoms with Crippen molar-refractivity contribution in [3.05, 3.63) is 29.3 Å². The Morgan fingerprint density at radius 1 is 1.36 bits per heavy atom. The number of benzene rings is 1. The number of hydrogen-bond donors (Lipinski definition) is 2. The highest BCUT2D eigenvalue weighted by Gasteiger charge is 2.00.